The number of benzene rings is 1. The molecule has 3 nitrogen and oxygen atoms in total. The molecule has 0 bridgehead atoms. The van der Waals surface area contributed by atoms with E-state index in [-0.39, 0.29) is 0 Å². The van der Waals surface area contributed by atoms with Crippen LogP contribution >= 0.6 is 15.9 Å². The molecule has 0 saturated carbocycles. The van der Waals surface area contributed by atoms with Crippen LogP contribution in [0.5, 0.6) is 0 Å². The van der Waals surface area contributed by atoms with Crippen LogP contribution in [0.1, 0.15) is 6.92 Å². The number of fused-ring (bicyclic) bond motifs is 3. The van der Waals surface area contributed by atoms with E-state index >= 15 is 0 Å². The van der Waals surface area contributed by atoms with Crippen LogP contribution < -0.4 is 15.1 Å². The van der Waals surface area contributed by atoms with E-state index in [1.807, 2.05) is 0 Å². The van der Waals surface area contributed by atoms with Gasteiger partial charge in [0.05, 0.1) is 17.4 Å². The van der Waals surface area contributed by atoms with Crippen molar-refractivity contribution in [3.8, 4) is 0 Å². The zero-order chi connectivity index (χ0) is 11.8. The van der Waals surface area contributed by atoms with Crippen LogP contribution in [0.25, 0.3) is 0 Å². The molecule has 0 radical (unpaired) electrons. The minimum Gasteiger partial charge on any atom is -0.368 e. The molecule has 0 spiro atoms. The molecule has 2 heterocycles. The topological polar surface area (TPSA) is 18.5 Å². The first-order valence-corrected chi connectivity index (χ1v) is 7.10. The Hall–Kier alpha value is -0.740. The van der Waals surface area contributed by atoms with Crippen molar-refractivity contribution in [2.75, 3.05) is 42.5 Å². The Kier molecular flexibility index (Phi) is 3.01. The number of likely N-dealkylation sites (N-methyl/N-ethyl adjacent to an activating group) is 1. The maximum atomic E-state index is 3.59. The van der Waals surface area contributed by atoms with Crippen LogP contribution in [0.15, 0.2) is 22.7 Å². The van der Waals surface area contributed by atoms with Gasteiger partial charge < -0.3 is 15.1 Å². The zero-order valence-corrected chi connectivity index (χ0v) is 11.7. The SMILES string of the molecule is CCN1CC2CNCCN2c2cc(Br)ccc21. The zero-order valence-electron chi connectivity index (χ0n) is 10.1. The molecule has 0 amide bonds. The van der Waals surface area contributed by atoms with Crippen molar-refractivity contribution in [1.29, 1.82) is 0 Å². The highest BCUT2D eigenvalue weighted by atomic mass is 79.9. The van der Waals surface area contributed by atoms with Gasteiger partial charge in [0, 0.05) is 37.2 Å². The Balaban J connectivity index is 2.04. The molecule has 1 aromatic rings. The molecule has 0 aromatic heterocycles. The number of piperazine rings is 1. The largest absolute Gasteiger partial charge is 0.368 e. The molecule has 1 N–H and O–H groups in total. The summed E-state index contributed by atoms with van der Waals surface area (Å²) >= 11 is 3.59. The van der Waals surface area contributed by atoms with E-state index in [9.17, 15) is 0 Å². The van der Waals surface area contributed by atoms with Gasteiger partial charge >= 0.3 is 0 Å². The Morgan fingerprint density at radius 2 is 2.29 bits per heavy atom. The van der Waals surface area contributed by atoms with Crippen molar-refractivity contribution < 1.29 is 0 Å². The van der Waals surface area contributed by atoms with Crippen molar-refractivity contribution in [2.45, 2.75) is 13.0 Å². The summed E-state index contributed by atoms with van der Waals surface area (Å²) < 4.78 is 1.17. The average molecular weight is 296 g/mol. The van der Waals surface area contributed by atoms with E-state index in [1.165, 1.54) is 15.8 Å². The average Bonchev–Trinajstić information content (AvgIpc) is 2.37. The van der Waals surface area contributed by atoms with Gasteiger partial charge in [-0.15, -0.1) is 0 Å². The van der Waals surface area contributed by atoms with E-state index in [0.29, 0.717) is 6.04 Å². The number of nitrogens with zero attached hydrogens (tertiary/aromatic N) is 2. The first-order valence-electron chi connectivity index (χ1n) is 6.31. The fourth-order valence-corrected chi connectivity index (χ4v) is 3.24. The molecule has 1 atom stereocenters. The summed E-state index contributed by atoms with van der Waals surface area (Å²) in [6.45, 7) is 7.76. The predicted octanol–water partition coefficient (Wildman–Crippen LogP) is 2.07. The third-order valence-corrected chi connectivity index (χ3v) is 4.24. The highest BCUT2D eigenvalue weighted by Crippen LogP contribution is 2.37. The Morgan fingerprint density at radius 1 is 1.41 bits per heavy atom. The maximum absolute atomic E-state index is 3.59. The van der Waals surface area contributed by atoms with Crippen molar-refractivity contribution in [1.82, 2.24) is 5.32 Å². The van der Waals surface area contributed by atoms with Gasteiger partial charge in [0.15, 0.2) is 0 Å². The molecule has 2 aliphatic heterocycles. The van der Waals surface area contributed by atoms with Gasteiger partial charge in [0.2, 0.25) is 0 Å². The standard InChI is InChI=1S/C13H18BrN3/c1-2-16-9-11-8-15-5-6-17(11)13-7-10(14)3-4-12(13)16/h3-4,7,11,15H,2,5-6,8-9H2,1H3. The first-order chi connectivity index (χ1) is 8.29. The van der Waals surface area contributed by atoms with Crippen molar-refractivity contribution in [3.05, 3.63) is 22.7 Å². The van der Waals surface area contributed by atoms with Crippen molar-refractivity contribution >= 4 is 27.3 Å². The van der Waals surface area contributed by atoms with Crippen LogP contribution in [0.2, 0.25) is 0 Å². The summed E-state index contributed by atoms with van der Waals surface area (Å²) in [5, 5.41) is 3.49. The maximum Gasteiger partial charge on any atom is 0.0619 e. The molecule has 17 heavy (non-hydrogen) atoms. The van der Waals surface area contributed by atoms with Crippen LogP contribution in [-0.4, -0.2) is 38.8 Å². The van der Waals surface area contributed by atoms with Gasteiger partial charge in [-0.1, -0.05) is 15.9 Å². The second-order valence-electron chi connectivity index (χ2n) is 4.72. The minimum atomic E-state index is 0.616. The molecule has 4 heteroatoms. The summed E-state index contributed by atoms with van der Waals surface area (Å²) in [6, 6.07) is 7.26. The smallest absolute Gasteiger partial charge is 0.0619 e. The predicted molar refractivity (Wildman–Crippen MR) is 76.0 cm³/mol. The third kappa shape index (κ3) is 1.93. The third-order valence-electron chi connectivity index (χ3n) is 3.75. The molecular formula is C13H18BrN3. The van der Waals surface area contributed by atoms with E-state index in [0.717, 1.165) is 32.7 Å². The lowest BCUT2D eigenvalue weighted by Gasteiger charge is -2.47. The number of anilines is 2. The fraction of sp³-hybridized carbons (Fsp3) is 0.538. The van der Waals surface area contributed by atoms with Gasteiger partial charge in [0.1, 0.15) is 0 Å². The molecule has 0 aliphatic carbocycles. The Bertz CT molecular complexity index is 421. The van der Waals surface area contributed by atoms with Crippen LogP contribution in [-0.2, 0) is 0 Å². The summed E-state index contributed by atoms with van der Waals surface area (Å²) in [5.41, 5.74) is 2.77. The molecule has 2 aliphatic rings. The summed E-state index contributed by atoms with van der Waals surface area (Å²) in [4.78, 5) is 5.04. The monoisotopic (exact) mass is 295 g/mol. The number of hydrogen-bond donors (Lipinski definition) is 1. The lowest BCUT2D eigenvalue weighted by atomic mass is 10.0. The van der Waals surface area contributed by atoms with Crippen LogP contribution in [0, 0.1) is 0 Å². The molecular weight excluding hydrogens is 278 g/mol. The second-order valence-corrected chi connectivity index (χ2v) is 5.64. The summed E-state index contributed by atoms with van der Waals surface area (Å²) in [5.74, 6) is 0. The minimum absolute atomic E-state index is 0.616. The highest BCUT2D eigenvalue weighted by molar-refractivity contribution is 9.10. The lowest BCUT2D eigenvalue weighted by molar-refractivity contribution is 0.460. The van der Waals surface area contributed by atoms with Crippen molar-refractivity contribution in [2.24, 2.45) is 0 Å². The number of halogens is 1. The number of hydrogen-bond acceptors (Lipinski definition) is 3. The first kappa shape index (κ1) is 11.4. The summed E-state index contributed by atoms with van der Waals surface area (Å²) in [6.07, 6.45) is 0. The molecule has 92 valence electrons. The molecule has 1 aromatic carbocycles. The normalized spacial score (nSPS) is 23.3. The van der Waals surface area contributed by atoms with Gasteiger partial charge in [-0.05, 0) is 25.1 Å². The van der Waals surface area contributed by atoms with Gasteiger partial charge in [-0.25, -0.2) is 0 Å². The number of rotatable bonds is 1. The number of nitrogens with one attached hydrogen (secondary N) is 1. The Morgan fingerprint density at radius 3 is 3.12 bits per heavy atom. The fourth-order valence-electron chi connectivity index (χ4n) is 2.89. The molecule has 1 fully saturated rings. The second kappa shape index (κ2) is 4.50. The van der Waals surface area contributed by atoms with Gasteiger partial charge in [-0.3, -0.25) is 0 Å². The van der Waals surface area contributed by atoms with E-state index in [2.05, 4.69) is 56.2 Å². The van der Waals surface area contributed by atoms with Gasteiger partial charge in [0.25, 0.3) is 0 Å². The summed E-state index contributed by atoms with van der Waals surface area (Å²) in [7, 11) is 0. The van der Waals surface area contributed by atoms with Crippen LogP contribution in [0.4, 0.5) is 11.4 Å². The quantitative estimate of drug-likeness (QED) is 0.856. The van der Waals surface area contributed by atoms with Crippen LogP contribution in [0.3, 0.4) is 0 Å². The highest BCUT2D eigenvalue weighted by Gasteiger charge is 2.31. The van der Waals surface area contributed by atoms with E-state index in [1.54, 1.807) is 0 Å². The Labute approximate surface area is 111 Å². The van der Waals surface area contributed by atoms with Crippen molar-refractivity contribution in [3.63, 3.8) is 0 Å². The molecule has 1 saturated heterocycles. The molecule has 1 unspecified atom stereocenters. The van der Waals surface area contributed by atoms with E-state index in [4.69, 9.17) is 0 Å². The van der Waals surface area contributed by atoms with E-state index < -0.39 is 0 Å². The lowest BCUT2D eigenvalue weighted by Crippen LogP contribution is -2.58. The molecule has 3 rings (SSSR count). The van der Waals surface area contributed by atoms with Gasteiger partial charge in [-0.2, -0.15) is 0 Å².